The monoisotopic (exact) mass is 663 g/mol. The molecule has 44 heavy (non-hydrogen) atoms. The van der Waals surface area contributed by atoms with Gasteiger partial charge in [0.15, 0.2) is 11.5 Å². The molecule has 0 atom stereocenters. The van der Waals surface area contributed by atoms with Crippen molar-refractivity contribution in [3.05, 3.63) is 95.8 Å². The maximum atomic E-state index is 13.9. The lowest BCUT2D eigenvalue weighted by atomic mass is 10.3. The minimum absolute atomic E-state index is 0.00163. The molecule has 4 rings (SSSR count). The number of sulfonamides is 2. The van der Waals surface area contributed by atoms with Crippen LogP contribution in [0, 0.1) is 5.82 Å². The van der Waals surface area contributed by atoms with Crippen LogP contribution in [-0.4, -0.2) is 50.6 Å². The molecule has 0 aliphatic carbocycles. The summed E-state index contributed by atoms with van der Waals surface area (Å²) in [5.41, 5.74) is 0.353. The fraction of sp³-hybridized carbons (Fsp3) is 0.138. The molecule has 0 saturated heterocycles. The number of hydrogen-bond acceptors (Lipinski definition) is 8. The zero-order valence-electron chi connectivity index (χ0n) is 23.6. The maximum absolute atomic E-state index is 13.9. The fourth-order valence-corrected chi connectivity index (χ4v) is 6.71. The van der Waals surface area contributed by atoms with Gasteiger partial charge in [-0.25, -0.2) is 21.2 Å². The third-order valence-electron chi connectivity index (χ3n) is 6.18. The molecule has 0 bridgehead atoms. The van der Waals surface area contributed by atoms with Crippen LogP contribution in [0.2, 0.25) is 5.02 Å². The molecule has 15 heteroatoms. The van der Waals surface area contributed by atoms with Crippen LogP contribution < -0.4 is 28.6 Å². The minimum atomic E-state index is -4.42. The van der Waals surface area contributed by atoms with Crippen molar-refractivity contribution < 1.29 is 40.2 Å². The maximum Gasteiger partial charge on any atom is 0.265 e. The van der Waals surface area contributed by atoms with Crippen molar-refractivity contribution in [2.45, 2.75) is 9.79 Å². The van der Waals surface area contributed by atoms with Gasteiger partial charge in [0, 0.05) is 22.5 Å². The van der Waals surface area contributed by atoms with Gasteiger partial charge >= 0.3 is 0 Å². The number of amides is 1. The fourth-order valence-electron chi connectivity index (χ4n) is 4.04. The van der Waals surface area contributed by atoms with Gasteiger partial charge in [-0.1, -0.05) is 11.6 Å². The van der Waals surface area contributed by atoms with Gasteiger partial charge in [0.05, 0.1) is 36.8 Å². The number of methoxy groups -OCH3 is 3. The van der Waals surface area contributed by atoms with Crippen LogP contribution in [0.3, 0.4) is 0 Å². The van der Waals surface area contributed by atoms with Crippen molar-refractivity contribution >= 4 is 54.6 Å². The number of rotatable bonds is 12. The van der Waals surface area contributed by atoms with Crippen LogP contribution in [0.15, 0.2) is 94.7 Å². The quantitative estimate of drug-likeness (QED) is 0.212. The lowest BCUT2D eigenvalue weighted by Gasteiger charge is -2.26. The topological polar surface area (TPSA) is 140 Å². The van der Waals surface area contributed by atoms with Crippen LogP contribution in [0.1, 0.15) is 0 Å². The second kappa shape index (κ2) is 13.4. The van der Waals surface area contributed by atoms with Gasteiger partial charge in [0.1, 0.15) is 18.1 Å². The van der Waals surface area contributed by atoms with E-state index in [1.165, 1.54) is 94.1 Å². The van der Waals surface area contributed by atoms with E-state index in [2.05, 4.69) is 10.0 Å². The summed E-state index contributed by atoms with van der Waals surface area (Å²) in [6, 6.07) is 18.3. The molecule has 0 saturated carbocycles. The predicted octanol–water partition coefficient (Wildman–Crippen LogP) is 5.14. The van der Waals surface area contributed by atoms with Crippen LogP contribution in [0.25, 0.3) is 0 Å². The molecular weight excluding hydrogens is 637 g/mol. The lowest BCUT2D eigenvalue weighted by Crippen LogP contribution is -2.38. The largest absolute Gasteiger partial charge is 0.495 e. The molecule has 0 unspecified atom stereocenters. The van der Waals surface area contributed by atoms with Crippen molar-refractivity contribution in [2.24, 2.45) is 0 Å². The van der Waals surface area contributed by atoms with E-state index >= 15 is 0 Å². The predicted molar refractivity (Wildman–Crippen MR) is 164 cm³/mol. The molecule has 1 amide bonds. The number of halogens is 2. The average molecular weight is 664 g/mol. The van der Waals surface area contributed by atoms with E-state index in [-0.39, 0.29) is 43.4 Å². The third-order valence-corrected chi connectivity index (χ3v) is 9.57. The molecule has 0 aromatic heterocycles. The Morgan fingerprint density at radius 2 is 1.32 bits per heavy atom. The number of anilines is 3. The summed E-state index contributed by atoms with van der Waals surface area (Å²) in [6.07, 6.45) is 0. The van der Waals surface area contributed by atoms with E-state index in [1.807, 2.05) is 0 Å². The standard InChI is InChI=1S/C29H27ClFN3O8S2/c1-40-26-14-4-19(30)16-25(26)34(44(38,39)24-13-15-27(41-2)28(17-24)42-3)18-29(35)32-21-9-11-23(12-10-21)43(36,37)33-22-7-5-20(31)6-8-22/h4-17,33H,18H2,1-3H3,(H,32,35). The van der Waals surface area contributed by atoms with Gasteiger partial charge in [0.2, 0.25) is 5.91 Å². The number of nitrogens with zero attached hydrogens (tertiary/aromatic N) is 1. The summed E-state index contributed by atoms with van der Waals surface area (Å²) < 4.78 is 85.5. The second-order valence-corrected chi connectivity index (χ2v) is 13.0. The Labute approximate surface area is 259 Å². The summed E-state index contributed by atoms with van der Waals surface area (Å²) in [6.45, 7) is -0.709. The van der Waals surface area contributed by atoms with Crippen LogP contribution >= 0.6 is 11.6 Å². The van der Waals surface area contributed by atoms with Gasteiger partial charge in [-0.2, -0.15) is 0 Å². The molecule has 232 valence electrons. The van der Waals surface area contributed by atoms with Gasteiger partial charge in [-0.05, 0) is 78.9 Å². The van der Waals surface area contributed by atoms with Crippen molar-refractivity contribution in [2.75, 3.05) is 42.2 Å². The number of nitrogens with one attached hydrogen (secondary N) is 2. The van der Waals surface area contributed by atoms with Crippen molar-refractivity contribution in [1.82, 2.24) is 0 Å². The zero-order valence-corrected chi connectivity index (χ0v) is 26.0. The molecular formula is C29H27ClFN3O8S2. The Bertz CT molecular complexity index is 1870. The highest BCUT2D eigenvalue weighted by atomic mass is 35.5. The molecule has 0 heterocycles. The highest BCUT2D eigenvalue weighted by Crippen LogP contribution is 2.37. The molecule has 11 nitrogen and oxygen atoms in total. The molecule has 0 aliphatic rings. The summed E-state index contributed by atoms with van der Waals surface area (Å²) in [5.74, 6) is -0.683. The van der Waals surface area contributed by atoms with E-state index < -0.39 is 38.3 Å². The Balaban J connectivity index is 1.61. The molecule has 0 fully saturated rings. The van der Waals surface area contributed by atoms with E-state index in [1.54, 1.807) is 0 Å². The Morgan fingerprint density at radius 1 is 0.750 bits per heavy atom. The number of ether oxygens (including phenoxy) is 3. The van der Waals surface area contributed by atoms with Crippen molar-refractivity contribution in [3.8, 4) is 17.2 Å². The van der Waals surface area contributed by atoms with Crippen LogP contribution in [0.4, 0.5) is 21.5 Å². The zero-order chi connectivity index (χ0) is 32.1. The third kappa shape index (κ3) is 7.33. The summed E-state index contributed by atoms with van der Waals surface area (Å²) in [5, 5.41) is 2.77. The normalized spacial score (nSPS) is 11.4. The Hall–Kier alpha value is -4.53. The number of carbonyl (C=O) groups is 1. The average Bonchev–Trinajstić information content (AvgIpc) is 3.00. The van der Waals surface area contributed by atoms with Crippen molar-refractivity contribution in [3.63, 3.8) is 0 Å². The Morgan fingerprint density at radius 3 is 1.93 bits per heavy atom. The summed E-state index contributed by atoms with van der Waals surface area (Å²) >= 11 is 6.19. The SMILES string of the molecule is COc1ccc(S(=O)(=O)N(CC(=O)Nc2ccc(S(=O)(=O)Nc3ccc(F)cc3)cc2)c2cc(Cl)ccc2OC)cc1OC. The molecule has 0 aliphatic heterocycles. The number of carbonyl (C=O) groups excluding carboxylic acids is 1. The molecule has 0 radical (unpaired) electrons. The van der Waals surface area contributed by atoms with Crippen molar-refractivity contribution in [1.29, 1.82) is 0 Å². The van der Waals surface area contributed by atoms with Gasteiger partial charge in [0.25, 0.3) is 20.0 Å². The lowest BCUT2D eigenvalue weighted by molar-refractivity contribution is -0.114. The van der Waals surface area contributed by atoms with Gasteiger partial charge < -0.3 is 19.5 Å². The van der Waals surface area contributed by atoms with E-state index in [0.717, 1.165) is 16.4 Å². The first-order chi connectivity index (χ1) is 20.9. The Kier molecular flexibility index (Phi) is 9.87. The number of hydrogen-bond donors (Lipinski definition) is 2. The molecule has 4 aromatic rings. The first kappa shape index (κ1) is 32.4. The molecule has 0 spiro atoms. The summed E-state index contributed by atoms with van der Waals surface area (Å²) in [4.78, 5) is 12.9. The molecule has 4 aromatic carbocycles. The summed E-state index contributed by atoms with van der Waals surface area (Å²) in [7, 11) is -4.33. The first-order valence-electron chi connectivity index (χ1n) is 12.6. The van der Waals surface area contributed by atoms with Gasteiger partial charge in [-0.3, -0.25) is 13.8 Å². The van der Waals surface area contributed by atoms with E-state index in [0.29, 0.717) is 5.75 Å². The first-order valence-corrected chi connectivity index (χ1v) is 15.9. The smallest absolute Gasteiger partial charge is 0.265 e. The highest BCUT2D eigenvalue weighted by molar-refractivity contribution is 7.93. The second-order valence-electron chi connectivity index (χ2n) is 9.03. The number of benzene rings is 4. The van der Waals surface area contributed by atoms with Crippen LogP contribution in [-0.2, 0) is 24.8 Å². The van der Waals surface area contributed by atoms with E-state index in [9.17, 15) is 26.0 Å². The minimum Gasteiger partial charge on any atom is -0.495 e. The van der Waals surface area contributed by atoms with E-state index in [4.69, 9.17) is 25.8 Å². The van der Waals surface area contributed by atoms with Gasteiger partial charge in [-0.15, -0.1) is 0 Å². The highest BCUT2D eigenvalue weighted by Gasteiger charge is 2.31. The molecule has 2 N–H and O–H groups in total. The van der Waals surface area contributed by atoms with Crippen LogP contribution in [0.5, 0.6) is 17.2 Å².